The molecule has 0 aliphatic rings. The normalized spacial score (nSPS) is 11.1. The number of nitrogens with one attached hydrogen (secondary N) is 1. The van der Waals surface area contributed by atoms with Crippen LogP contribution in [0.5, 0.6) is 0 Å². The lowest BCUT2D eigenvalue weighted by Crippen LogP contribution is -2.19. The molecule has 0 radical (unpaired) electrons. The number of hydrogen-bond acceptors (Lipinski definition) is 2. The van der Waals surface area contributed by atoms with E-state index in [9.17, 15) is 9.18 Å². The number of amides is 1. The van der Waals surface area contributed by atoms with Gasteiger partial charge in [-0.3, -0.25) is 5.32 Å². The van der Waals surface area contributed by atoms with Gasteiger partial charge in [0.15, 0.2) is 0 Å². The van der Waals surface area contributed by atoms with Gasteiger partial charge in [-0.1, -0.05) is 32.9 Å². The van der Waals surface area contributed by atoms with E-state index in [1.807, 2.05) is 20.8 Å². The van der Waals surface area contributed by atoms with Gasteiger partial charge in [0.05, 0.1) is 12.8 Å². The topological polar surface area (TPSA) is 38.3 Å². The van der Waals surface area contributed by atoms with Crippen LogP contribution in [0, 0.1) is 5.82 Å². The second kappa shape index (κ2) is 4.51. The number of ether oxygens (including phenoxy) is 1. The quantitative estimate of drug-likeness (QED) is 0.796. The molecule has 0 aliphatic heterocycles. The van der Waals surface area contributed by atoms with Crippen LogP contribution < -0.4 is 5.32 Å². The lowest BCUT2D eigenvalue weighted by Gasteiger charge is -2.23. The second-order valence-electron chi connectivity index (χ2n) is 4.53. The van der Waals surface area contributed by atoms with Crippen molar-refractivity contribution in [1.29, 1.82) is 0 Å². The van der Waals surface area contributed by atoms with E-state index in [1.165, 1.54) is 13.2 Å². The summed E-state index contributed by atoms with van der Waals surface area (Å²) in [6.07, 6.45) is -0.671. The smallest absolute Gasteiger partial charge is 0.411 e. The number of rotatable bonds is 1. The molecular formula is C12H16FNO2. The first-order valence-electron chi connectivity index (χ1n) is 5.00. The van der Waals surface area contributed by atoms with Crippen molar-refractivity contribution < 1.29 is 13.9 Å². The van der Waals surface area contributed by atoms with Crippen molar-refractivity contribution in [3.05, 3.63) is 29.6 Å². The number of para-hydroxylation sites is 1. The van der Waals surface area contributed by atoms with Crippen molar-refractivity contribution in [3.63, 3.8) is 0 Å². The Kier molecular flexibility index (Phi) is 3.52. The third-order valence-electron chi connectivity index (χ3n) is 2.23. The molecule has 0 saturated heterocycles. The van der Waals surface area contributed by atoms with Crippen LogP contribution in [0.1, 0.15) is 26.3 Å². The molecule has 0 heterocycles. The highest BCUT2D eigenvalue weighted by molar-refractivity contribution is 5.86. The van der Waals surface area contributed by atoms with Crippen LogP contribution in [0.15, 0.2) is 18.2 Å². The summed E-state index contributed by atoms with van der Waals surface area (Å²) in [5, 5.41) is 2.40. The molecule has 0 bridgehead atoms. The first-order valence-corrected chi connectivity index (χ1v) is 5.00. The van der Waals surface area contributed by atoms with Gasteiger partial charge in [-0.05, 0) is 17.0 Å². The van der Waals surface area contributed by atoms with Crippen molar-refractivity contribution in [1.82, 2.24) is 0 Å². The average Bonchev–Trinajstić information content (AvgIpc) is 2.19. The first kappa shape index (κ1) is 12.5. The summed E-state index contributed by atoms with van der Waals surface area (Å²) in [6, 6.07) is 4.72. The Morgan fingerprint density at radius 2 is 2.00 bits per heavy atom. The minimum atomic E-state index is -0.671. The number of methoxy groups -OCH3 is 1. The Morgan fingerprint density at radius 3 is 2.50 bits per heavy atom. The van der Waals surface area contributed by atoms with E-state index in [4.69, 9.17) is 0 Å². The van der Waals surface area contributed by atoms with Gasteiger partial charge >= 0.3 is 6.09 Å². The molecule has 4 heteroatoms. The van der Waals surface area contributed by atoms with Crippen molar-refractivity contribution >= 4 is 11.8 Å². The van der Waals surface area contributed by atoms with Gasteiger partial charge in [0.25, 0.3) is 0 Å². The largest absolute Gasteiger partial charge is 0.453 e. The van der Waals surface area contributed by atoms with Crippen LogP contribution >= 0.6 is 0 Å². The zero-order chi connectivity index (χ0) is 12.3. The molecule has 0 aliphatic carbocycles. The number of anilines is 1. The Hall–Kier alpha value is -1.58. The molecule has 88 valence electrons. The summed E-state index contributed by atoms with van der Waals surface area (Å²) in [6.45, 7) is 5.85. The standard InChI is InChI=1S/C12H16FNO2/c1-12(2,3)8-6-5-7-9(13)10(8)14-11(15)16-4/h5-7H,1-4H3,(H,14,15). The van der Waals surface area contributed by atoms with Gasteiger partial charge in [-0.15, -0.1) is 0 Å². The summed E-state index contributed by atoms with van der Waals surface area (Å²) in [5.74, 6) is -0.460. The predicted octanol–water partition coefficient (Wildman–Crippen LogP) is 3.30. The summed E-state index contributed by atoms with van der Waals surface area (Å²) in [4.78, 5) is 11.1. The van der Waals surface area contributed by atoms with Gasteiger partial charge in [0, 0.05) is 0 Å². The highest BCUT2D eigenvalue weighted by atomic mass is 19.1. The maximum atomic E-state index is 13.6. The number of carbonyl (C=O) groups excluding carboxylic acids is 1. The molecule has 0 fully saturated rings. The zero-order valence-corrected chi connectivity index (χ0v) is 9.93. The van der Waals surface area contributed by atoms with Crippen LogP contribution in [0.4, 0.5) is 14.9 Å². The molecule has 1 N–H and O–H groups in total. The van der Waals surface area contributed by atoms with Crippen molar-refractivity contribution in [2.24, 2.45) is 0 Å². The van der Waals surface area contributed by atoms with Gasteiger partial charge in [0.2, 0.25) is 0 Å². The minimum absolute atomic E-state index is 0.182. The number of hydrogen-bond donors (Lipinski definition) is 1. The van der Waals surface area contributed by atoms with Crippen LogP contribution in [0.3, 0.4) is 0 Å². The Labute approximate surface area is 94.6 Å². The van der Waals surface area contributed by atoms with E-state index < -0.39 is 11.9 Å². The Balaban J connectivity index is 3.19. The SMILES string of the molecule is COC(=O)Nc1c(F)cccc1C(C)(C)C. The summed E-state index contributed by atoms with van der Waals surface area (Å²) in [7, 11) is 1.24. The fourth-order valence-electron chi connectivity index (χ4n) is 1.43. The summed E-state index contributed by atoms with van der Waals surface area (Å²) < 4.78 is 18.1. The van der Waals surface area contributed by atoms with E-state index in [0.29, 0.717) is 0 Å². The zero-order valence-electron chi connectivity index (χ0n) is 9.93. The Morgan fingerprint density at radius 1 is 1.38 bits per heavy atom. The predicted molar refractivity (Wildman–Crippen MR) is 61.1 cm³/mol. The molecule has 1 aromatic carbocycles. The first-order chi connectivity index (χ1) is 7.36. The van der Waals surface area contributed by atoms with E-state index in [-0.39, 0.29) is 11.1 Å². The van der Waals surface area contributed by atoms with Gasteiger partial charge in [-0.2, -0.15) is 0 Å². The lowest BCUT2D eigenvalue weighted by atomic mass is 9.85. The average molecular weight is 225 g/mol. The molecule has 0 atom stereocenters. The third-order valence-corrected chi connectivity index (χ3v) is 2.23. The maximum absolute atomic E-state index is 13.6. The summed E-state index contributed by atoms with van der Waals surface area (Å²) in [5.41, 5.74) is 0.665. The molecular weight excluding hydrogens is 209 g/mol. The Bertz CT molecular complexity index is 396. The number of benzene rings is 1. The van der Waals surface area contributed by atoms with Crippen LogP contribution in [0.2, 0.25) is 0 Å². The third kappa shape index (κ3) is 2.72. The van der Waals surface area contributed by atoms with Gasteiger partial charge in [-0.25, -0.2) is 9.18 Å². The van der Waals surface area contributed by atoms with E-state index in [2.05, 4.69) is 10.1 Å². The summed E-state index contributed by atoms with van der Waals surface area (Å²) >= 11 is 0. The molecule has 0 aromatic heterocycles. The monoisotopic (exact) mass is 225 g/mol. The number of halogens is 1. The molecule has 3 nitrogen and oxygen atoms in total. The van der Waals surface area contributed by atoms with Crippen molar-refractivity contribution in [2.45, 2.75) is 26.2 Å². The fraction of sp³-hybridized carbons (Fsp3) is 0.417. The van der Waals surface area contributed by atoms with E-state index >= 15 is 0 Å². The van der Waals surface area contributed by atoms with Crippen molar-refractivity contribution in [2.75, 3.05) is 12.4 Å². The highest BCUT2D eigenvalue weighted by Crippen LogP contribution is 2.31. The van der Waals surface area contributed by atoms with E-state index in [1.54, 1.807) is 12.1 Å². The molecule has 1 amide bonds. The fourth-order valence-corrected chi connectivity index (χ4v) is 1.43. The number of carbonyl (C=O) groups is 1. The van der Waals surface area contributed by atoms with Gasteiger partial charge in [0.1, 0.15) is 5.82 Å². The van der Waals surface area contributed by atoms with Crippen LogP contribution in [0.25, 0.3) is 0 Å². The minimum Gasteiger partial charge on any atom is -0.453 e. The van der Waals surface area contributed by atoms with Crippen molar-refractivity contribution in [3.8, 4) is 0 Å². The van der Waals surface area contributed by atoms with Crippen LogP contribution in [-0.2, 0) is 10.2 Å². The van der Waals surface area contributed by atoms with Gasteiger partial charge < -0.3 is 4.74 Å². The second-order valence-corrected chi connectivity index (χ2v) is 4.53. The van der Waals surface area contributed by atoms with Crippen LogP contribution in [-0.4, -0.2) is 13.2 Å². The molecule has 16 heavy (non-hydrogen) atoms. The molecule has 0 saturated carbocycles. The molecule has 0 spiro atoms. The van der Waals surface area contributed by atoms with E-state index in [0.717, 1.165) is 5.56 Å². The lowest BCUT2D eigenvalue weighted by molar-refractivity contribution is 0.186. The molecule has 0 unspecified atom stereocenters. The maximum Gasteiger partial charge on any atom is 0.411 e. The highest BCUT2D eigenvalue weighted by Gasteiger charge is 2.21. The molecule has 1 rings (SSSR count). The molecule has 1 aromatic rings.